The van der Waals surface area contributed by atoms with Crippen molar-refractivity contribution in [3.8, 4) is 0 Å². The standard InChI is InChI=1S/C12H10S2.C6H10O3/c1-3-7-11(8-4-1)13-14-12-9-5-2-6-10-12;1(5-3-8-5)7-2-6-4-9-6/h1-10H;5-6H,1-4H2. The van der Waals surface area contributed by atoms with Gasteiger partial charge >= 0.3 is 0 Å². The highest BCUT2D eigenvalue weighted by molar-refractivity contribution is 8.76. The first-order valence-electron chi connectivity index (χ1n) is 7.66. The maximum Gasteiger partial charge on any atom is 0.104 e. The molecule has 0 bridgehead atoms. The van der Waals surface area contributed by atoms with Crippen LogP contribution in [0.4, 0.5) is 0 Å². The van der Waals surface area contributed by atoms with E-state index in [9.17, 15) is 0 Å². The predicted octanol–water partition coefficient (Wildman–Crippen LogP) is 4.29. The maximum atomic E-state index is 5.23. The third-order valence-corrected chi connectivity index (χ3v) is 5.55. The molecule has 0 spiro atoms. The molecule has 0 aromatic heterocycles. The van der Waals surface area contributed by atoms with Crippen molar-refractivity contribution < 1.29 is 14.2 Å². The van der Waals surface area contributed by atoms with Gasteiger partial charge in [-0.2, -0.15) is 0 Å². The Kier molecular flexibility index (Phi) is 6.85. The zero-order chi connectivity index (χ0) is 15.7. The molecule has 2 aliphatic heterocycles. The van der Waals surface area contributed by atoms with Crippen LogP contribution in [0.25, 0.3) is 0 Å². The summed E-state index contributed by atoms with van der Waals surface area (Å²) in [5, 5.41) is 0. The van der Waals surface area contributed by atoms with Crippen molar-refractivity contribution in [3.63, 3.8) is 0 Å². The van der Waals surface area contributed by atoms with Crippen molar-refractivity contribution in [3.05, 3.63) is 60.7 Å². The van der Waals surface area contributed by atoms with Crippen LogP contribution in [0.3, 0.4) is 0 Å². The van der Waals surface area contributed by atoms with Crippen molar-refractivity contribution in [2.24, 2.45) is 0 Å². The predicted molar refractivity (Wildman–Crippen MR) is 94.9 cm³/mol. The lowest BCUT2D eigenvalue weighted by Crippen LogP contribution is -2.06. The lowest BCUT2D eigenvalue weighted by molar-refractivity contribution is 0.102. The SMILES string of the molecule is C(OCC1CO1)C1CO1.c1ccc(SSc2ccccc2)cc1. The van der Waals surface area contributed by atoms with Crippen LogP contribution in [0, 0.1) is 0 Å². The Morgan fingerprint density at radius 3 is 1.48 bits per heavy atom. The van der Waals surface area contributed by atoms with Crippen LogP contribution in [0.1, 0.15) is 0 Å². The van der Waals surface area contributed by atoms with E-state index in [1.54, 1.807) is 21.6 Å². The van der Waals surface area contributed by atoms with Crippen LogP contribution in [0.15, 0.2) is 70.5 Å². The first kappa shape index (κ1) is 16.9. The molecular formula is C18H20O3S2. The Labute approximate surface area is 145 Å². The molecule has 2 heterocycles. The Bertz CT molecular complexity index is 505. The van der Waals surface area contributed by atoms with E-state index in [1.807, 2.05) is 12.1 Å². The topological polar surface area (TPSA) is 34.3 Å². The highest BCUT2D eigenvalue weighted by atomic mass is 33.1. The fraction of sp³-hybridized carbons (Fsp3) is 0.333. The second-order valence-corrected chi connectivity index (χ2v) is 7.52. The zero-order valence-electron chi connectivity index (χ0n) is 12.8. The van der Waals surface area contributed by atoms with Crippen LogP contribution in [-0.2, 0) is 14.2 Å². The lowest BCUT2D eigenvalue weighted by atomic mass is 10.4. The molecule has 0 saturated carbocycles. The summed E-state index contributed by atoms with van der Waals surface area (Å²) in [7, 11) is 3.58. The number of benzene rings is 2. The Balaban J connectivity index is 0.000000149. The van der Waals surface area contributed by atoms with E-state index in [0.717, 1.165) is 26.4 Å². The molecule has 2 aromatic carbocycles. The molecule has 122 valence electrons. The van der Waals surface area contributed by atoms with Gasteiger partial charge in [-0.15, -0.1) is 0 Å². The van der Waals surface area contributed by atoms with Crippen LogP contribution >= 0.6 is 21.6 Å². The molecule has 4 rings (SSSR count). The van der Waals surface area contributed by atoms with Crippen LogP contribution in [-0.4, -0.2) is 38.6 Å². The van der Waals surface area contributed by atoms with E-state index in [1.165, 1.54) is 9.79 Å². The quantitative estimate of drug-likeness (QED) is 0.551. The molecule has 0 N–H and O–H groups in total. The van der Waals surface area contributed by atoms with E-state index < -0.39 is 0 Å². The summed E-state index contributed by atoms with van der Waals surface area (Å²) in [4.78, 5) is 2.59. The molecule has 0 radical (unpaired) electrons. The first-order chi connectivity index (χ1) is 11.4. The van der Waals surface area contributed by atoms with Crippen LogP contribution in [0.5, 0.6) is 0 Å². The molecule has 2 aromatic rings. The number of rotatable bonds is 7. The molecule has 2 fully saturated rings. The average molecular weight is 348 g/mol. The van der Waals surface area contributed by atoms with Crippen LogP contribution in [0.2, 0.25) is 0 Å². The number of hydrogen-bond acceptors (Lipinski definition) is 5. The minimum Gasteiger partial charge on any atom is -0.376 e. The van der Waals surface area contributed by atoms with Gasteiger partial charge in [0.1, 0.15) is 12.2 Å². The number of ether oxygens (including phenoxy) is 3. The normalized spacial score (nSPS) is 21.2. The fourth-order valence-corrected chi connectivity index (χ4v) is 3.68. The lowest BCUT2D eigenvalue weighted by Gasteiger charge is -1.99. The van der Waals surface area contributed by atoms with E-state index in [-0.39, 0.29) is 0 Å². The Hall–Kier alpha value is -0.980. The summed E-state index contributed by atoms with van der Waals surface area (Å²) in [6.07, 6.45) is 0.785. The second kappa shape index (κ2) is 9.35. The van der Waals surface area contributed by atoms with E-state index >= 15 is 0 Å². The van der Waals surface area contributed by atoms with Gasteiger partial charge in [0.25, 0.3) is 0 Å². The molecule has 0 aliphatic carbocycles. The Morgan fingerprint density at radius 2 is 1.13 bits per heavy atom. The molecular weight excluding hydrogens is 328 g/mol. The van der Waals surface area contributed by atoms with E-state index in [0.29, 0.717) is 12.2 Å². The van der Waals surface area contributed by atoms with Crippen molar-refractivity contribution >= 4 is 21.6 Å². The first-order valence-corrected chi connectivity index (χ1v) is 9.81. The van der Waals surface area contributed by atoms with Gasteiger partial charge in [-0.05, 0) is 24.3 Å². The van der Waals surface area contributed by atoms with Gasteiger partial charge in [0, 0.05) is 9.79 Å². The fourth-order valence-electron chi connectivity index (χ4n) is 1.71. The maximum absolute atomic E-state index is 5.23. The highest BCUT2D eigenvalue weighted by Crippen LogP contribution is 2.36. The van der Waals surface area contributed by atoms with Gasteiger partial charge in [0.15, 0.2) is 0 Å². The summed E-state index contributed by atoms with van der Waals surface area (Å²) in [6.45, 7) is 3.26. The minimum absolute atomic E-state index is 0.392. The Morgan fingerprint density at radius 1 is 0.739 bits per heavy atom. The summed E-state index contributed by atoms with van der Waals surface area (Å²) >= 11 is 0. The van der Waals surface area contributed by atoms with Gasteiger partial charge in [-0.3, -0.25) is 0 Å². The van der Waals surface area contributed by atoms with Gasteiger partial charge in [-0.1, -0.05) is 58.0 Å². The second-order valence-electron chi connectivity index (χ2n) is 5.24. The zero-order valence-corrected chi connectivity index (χ0v) is 14.4. The minimum atomic E-state index is 0.392. The van der Waals surface area contributed by atoms with Crippen LogP contribution < -0.4 is 0 Å². The molecule has 3 nitrogen and oxygen atoms in total. The molecule has 5 heteroatoms. The van der Waals surface area contributed by atoms with Crippen molar-refractivity contribution in [1.29, 1.82) is 0 Å². The number of epoxide rings is 2. The van der Waals surface area contributed by atoms with Crippen molar-refractivity contribution in [2.75, 3.05) is 26.4 Å². The largest absolute Gasteiger partial charge is 0.376 e. The summed E-state index contributed by atoms with van der Waals surface area (Å²) in [6, 6.07) is 20.8. The highest BCUT2D eigenvalue weighted by Gasteiger charge is 2.26. The third-order valence-electron chi connectivity index (χ3n) is 3.13. The van der Waals surface area contributed by atoms with E-state index in [2.05, 4.69) is 48.5 Å². The van der Waals surface area contributed by atoms with Gasteiger partial charge in [0.2, 0.25) is 0 Å². The van der Waals surface area contributed by atoms with Crippen molar-refractivity contribution in [2.45, 2.75) is 22.0 Å². The molecule has 2 unspecified atom stereocenters. The molecule has 2 atom stereocenters. The molecule has 23 heavy (non-hydrogen) atoms. The van der Waals surface area contributed by atoms with Gasteiger partial charge in [-0.25, -0.2) is 0 Å². The smallest absolute Gasteiger partial charge is 0.104 e. The van der Waals surface area contributed by atoms with Gasteiger partial charge < -0.3 is 14.2 Å². The summed E-state index contributed by atoms with van der Waals surface area (Å²) < 4.78 is 15.1. The third kappa shape index (κ3) is 7.42. The molecule has 0 amide bonds. The molecule has 2 saturated heterocycles. The number of hydrogen-bond donors (Lipinski definition) is 0. The summed E-state index contributed by atoms with van der Waals surface area (Å²) in [5.74, 6) is 0. The van der Waals surface area contributed by atoms with E-state index in [4.69, 9.17) is 14.2 Å². The summed E-state index contributed by atoms with van der Waals surface area (Å²) in [5.41, 5.74) is 0. The molecule has 2 aliphatic rings. The van der Waals surface area contributed by atoms with Crippen molar-refractivity contribution in [1.82, 2.24) is 0 Å². The monoisotopic (exact) mass is 348 g/mol. The average Bonchev–Trinajstić information content (AvgIpc) is 3.51. The van der Waals surface area contributed by atoms with Gasteiger partial charge in [0.05, 0.1) is 26.4 Å².